The summed E-state index contributed by atoms with van der Waals surface area (Å²) in [6, 6.07) is 4.54. The number of rotatable bonds is 1. The summed E-state index contributed by atoms with van der Waals surface area (Å²) < 4.78 is 5.70. The first-order chi connectivity index (χ1) is 9.00. The standard InChI is InChI=1S/C15H12O4/c1-7(2)11-6-9-14(18)13(17)8-4-3-5-10(16)12(8)15(9)19-11/h3-5,11,16H,1,6H2,2H3. The number of phenolic OH excluding ortho intramolecular Hbond substituents is 1. The molecule has 1 N–H and O–H groups in total. The van der Waals surface area contributed by atoms with Gasteiger partial charge in [-0.15, -0.1) is 0 Å². The number of carbonyl (C=O) groups excluding carboxylic acids is 2. The zero-order chi connectivity index (χ0) is 13.7. The molecule has 0 saturated carbocycles. The Bertz CT molecular complexity index is 667. The number of aromatic hydroxyl groups is 1. The molecule has 1 aliphatic carbocycles. The monoisotopic (exact) mass is 256 g/mol. The lowest BCUT2D eigenvalue weighted by molar-refractivity contribution is -0.111. The molecule has 4 nitrogen and oxygen atoms in total. The van der Waals surface area contributed by atoms with Gasteiger partial charge in [0.25, 0.3) is 0 Å². The summed E-state index contributed by atoms with van der Waals surface area (Å²) in [7, 11) is 0. The molecule has 96 valence electrons. The average Bonchev–Trinajstić information content (AvgIpc) is 2.81. The first-order valence-electron chi connectivity index (χ1n) is 5.97. The van der Waals surface area contributed by atoms with Crippen LogP contribution in [0.25, 0.3) is 5.76 Å². The largest absolute Gasteiger partial charge is 0.507 e. The van der Waals surface area contributed by atoms with E-state index in [2.05, 4.69) is 6.58 Å². The molecule has 0 bridgehead atoms. The molecule has 1 aromatic carbocycles. The van der Waals surface area contributed by atoms with Crippen molar-refractivity contribution in [3.8, 4) is 5.75 Å². The Labute approximate surface area is 110 Å². The van der Waals surface area contributed by atoms with E-state index in [0.29, 0.717) is 23.3 Å². The minimum Gasteiger partial charge on any atom is -0.507 e. The molecule has 0 radical (unpaired) electrons. The number of carbonyl (C=O) groups is 2. The fourth-order valence-electron chi connectivity index (χ4n) is 2.44. The van der Waals surface area contributed by atoms with E-state index in [9.17, 15) is 14.7 Å². The Balaban J connectivity index is 2.20. The van der Waals surface area contributed by atoms with E-state index in [0.717, 1.165) is 5.57 Å². The Hall–Kier alpha value is -2.36. The maximum Gasteiger partial charge on any atom is 0.234 e. The van der Waals surface area contributed by atoms with Crippen LogP contribution in [0.3, 0.4) is 0 Å². The number of Topliss-reactive ketones (excluding diaryl/α,β-unsaturated/α-hetero) is 2. The van der Waals surface area contributed by atoms with Crippen molar-refractivity contribution in [1.82, 2.24) is 0 Å². The predicted molar refractivity (Wildman–Crippen MR) is 68.7 cm³/mol. The van der Waals surface area contributed by atoms with Gasteiger partial charge in [0.15, 0.2) is 0 Å². The molecule has 19 heavy (non-hydrogen) atoms. The molecule has 1 heterocycles. The minimum atomic E-state index is -0.587. The second-order valence-electron chi connectivity index (χ2n) is 4.82. The normalized spacial score (nSPS) is 21.0. The molecule has 0 fully saturated rings. The zero-order valence-electron chi connectivity index (χ0n) is 10.4. The fraction of sp³-hybridized carbons (Fsp3) is 0.200. The molecule has 1 atom stereocenters. The summed E-state index contributed by atoms with van der Waals surface area (Å²) in [6.45, 7) is 5.61. The van der Waals surface area contributed by atoms with Crippen molar-refractivity contribution in [2.75, 3.05) is 0 Å². The lowest BCUT2D eigenvalue weighted by Crippen LogP contribution is -2.22. The van der Waals surface area contributed by atoms with Gasteiger partial charge in [-0.2, -0.15) is 0 Å². The smallest absolute Gasteiger partial charge is 0.234 e. The third kappa shape index (κ3) is 1.53. The number of fused-ring (bicyclic) bond motifs is 2. The predicted octanol–water partition coefficient (Wildman–Crippen LogP) is 2.23. The maximum absolute atomic E-state index is 12.1. The van der Waals surface area contributed by atoms with Gasteiger partial charge in [0.1, 0.15) is 17.6 Å². The lowest BCUT2D eigenvalue weighted by Gasteiger charge is -2.17. The molecule has 0 aromatic heterocycles. The van der Waals surface area contributed by atoms with E-state index in [4.69, 9.17) is 4.74 Å². The first kappa shape index (κ1) is 11.7. The molecule has 1 aliphatic heterocycles. The van der Waals surface area contributed by atoms with Crippen LogP contribution in [0.2, 0.25) is 0 Å². The molecule has 0 amide bonds. The van der Waals surface area contributed by atoms with Crippen LogP contribution in [-0.2, 0) is 9.53 Å². The maximum atomic E-state index is 12.1. The van der Waals surface area contributed by atoms with Gasteiger partial charge in [0.2, 0.25) is 11.6 Å². The molecule has 4 heteroatoms. The Kier molecular flexibility index (Phi) is 2.35. The van der Waals surface area contributed by atoms with Crippen LogP contribution < -0.4 is 0 Å². The van der Waals surface area contributed by atoms with E-state index >= 15 is 0 Å². The van der Waals surface area contributed by atoms with Gasteiger partial charge in [-0.3, -0.25) is 9.59 Å². The van der Waals surface area contributed by atoms with Crippen molar-refractivity contribution < 1.29 is 19.4 Å². The molecule has 1 unspecified atom stereocenters. The number of ketones is 2. The number of phenols is 1. The SMILES string of the molecule is C=C(C)C1CC2=C(O1)c1c(O)cccc1C(=O)C2=O. The summed E-state index contributed by atoms with van der Waals surface area (Å²) >= 11 is 0. The van der Waals surface area contributed by atoms with Crippen LogP contribution >= 0.6 is 0 Å². The highest BCUT2D eigenvalue weighted by Crippen LogP contribution is 2.43. The highest BCUT2D eigenvalue weighted by atomic mass is 16.5. The quantitative estimate of drug-likeness (QED) is 0.618. The third-order valence-electron chi connectivity index (χ3n) is 3.47. The molecule has 0 spiro atoms. The average molecular weight is 256 g/mol. The molecule has 3 rings (SSSR count). The number of benzene rings is 1. The van der Waals surface area contributed by atoms with Crippen LogP contribution in [-0.4, -0.2) is 22.8 Å². The van der Waals surface area contributed by atoms with Crippen LogP contribution in [0.15, 0.2) is 35.9 Å². The first-order valence-corrected chi connectivity index (χ1v) is 5.97. The Morgan fingerprint density at radius 3 is 2.79 bits per heavy atom. The second kappa shape index (κ2) is 3.82. The highest BCUT2D eigenvalue weighted by molar-refractivity contribution is 6.52. The van der Waals surface area contributed by atoms with Gasteiger partial charge in [0, 0.05) is 12.0 Å². The summed E-state index contributed by atoms with van der Waals surface area (Å²) in [6.07, 6.45) is 0.0236. The topological polar surface area (TPSA) is 63.6 Å². The van der Waals surface area contributed by atoms with Crippen LogP contribution in [0.1, 0.15) is 29.3 Å². The van der Waals surface area contributed by atoms with Crippen molar-refractivity contribution in [3.63, 3.8) is 0 Å². The number of hydrogen-bond donors (Lipinski definition) is 1. The van der Waals surface area contributed by atoms with Gasteiger partial charge >= 0.3 is 0 Å². The fourth-order valence-corrected chi connectivity index (χ4v) is 2.44. The number of hydrogen-bond acceptors (Lipinski definition) is 4. The van der Waals surface area contributed by atoms with E-state index in [-0.39, 0.29) is 17.4 Å². The third-order valence-corrected chi connectivity index (χ3v) is 3.47. The summed E-state index contributed by atoms with van der Waals surface area (Å²) in [4.78, 5) is 24.1. The molecule has 1 aromatic rings. The van der Waals surface area contributed by atoms with Gasteiger partial charge in [-0.25, -0.2) is 0 Å². The highest BCUT2D eigenvalue weighted by Gasteiger charge is 2.41. The second-order valence-corrected chi connectivity index (χ2v) is 4.82. The van der Waals surface area contributed by atoms with Gasteiger partial charge < -0.3 is 9.84 Å². The van der Waals surface area contributed by atoms with Crippen molar-refractivity contribution in [2.24, 2.45) is 0 Å². The van der Waals surface area contributed by atoms with Gasteiger partial charge in [-0.05, 0) is 24.6 Å². The van der Waals surface area contributed by atoms with Crippen LogP contribution in [0.5, 0.6) is 5.75 Å². The summed E-state index contributed by atoms with van der Waals surface area (Å²) in [5, 5.41) is 9.93. The minimum absolute atomic E-state index is 0.0479. The van der Waals surface area contributed by atoms with E-state index in [1.807, 2.05) is 0 Å². The van der Waals surface area contributed by atoms with Crippen LogP contribution in [0.4, 0.5) is 0 Å². The van der Waals surface area contributed by atoms with Gasteiger partial charge in [-0.1, -0.05) is 12.6 Å². The molecule has 0 saturated heterocycles. The number of ether oxygens (including phenoxy) is 1. The van der Waals surface area contributed by atoms with Crippen LogP contribution in [0, 0.1) is 0 Å². The van der Waals surface area contributed by atoms with Crippen molar-refractivity contribution in [2.45, 2.75) is 19.4 Å². The Morgan fingerprint density at radius 2 is 2.11 bits per heavy atom. The van der Waals surface area contributed by atoms with Crippen molar-refractivity contribution in [1.29, 1.82) is 0 Å². The molecular formula is C15H12O4. The van der Waals surface area contributed by atoms with E-state index in [1.165, 1.54) is 18.2 Å². The lowest BCUT2D eigenvalue weighted by atomic mass is 9.87. The Morgan fingerprint density at radius 1 is 1.37 bits per heavy atom. The zero-order valence-corrected chi connectivity index (χ0v) is 10.4. The molecular weight excluding hydrogens is 244 g/mol. The molecule has 2 aliphatic rings. The van der Waals surface area contributed by atoms with Crippen molar-refractivity contribution >= 4 is 17.3 Å². The van der Waals surface area contributed by atoms with Gasteiger partial charge in [0.05, 0.1) is 11.1 Å². The summed E-state index contributed by atoms with van der Waals surface area (Å²) in [5.74, 6) is -0.855. The van der Waals surface area contributed by atoms with E-state index in [1.54, 1.807) is 6.92 Å². The summed E-state index contributed by atoms with van der Waals surface area (Å²) in [5.41, 5.74) is 1.65. The van der Waals surface area contributed by atoms with E-state index < -0.39 is 11.6 Å². The van der Waals surface area contributed by atoms with Crippen molar-refractivity contribution in [3.05, 3.63) is 47.1 Å².